The fraction of sp³-hybridized carbons (Fsp3) is 0.400. The first-order valence-electron chi connectivity index (χ1n) is 10.2. The molecule has 0 aliphatic carbocycles. The van der Waals surface area contributed by atoms with Crippen molar-refractivity contribution in [3.63, 3.8) is 0 Å². The third-order valence-corrected chi connectivity index (χ3v) is 7.19. The zero-order valence-corrected chi connectivity index (χ0v) is 19.4. The summed E-state index contributed by atoms with van der Waals surface area (Å²) in [6, 6.07) is 5.96. The topological polar surface area (TPSA) is 121 Å². The molecule has 3 atom stereocenters. The Morgan fingerprint density at radius 1 is 1.27 bits per heavy atom. The Kier molecular flexibility index (Phi) is 6.88. The normalized spacial score (nSPS) is 18.2. The predicted octanol–water partition coefficient (Wildman–Crippen LogP) is 3.22. The lowest BCUT2D eigenvalue weighted by Crippen LogP contribution is -2.33. The van der Waals surface area contributed by atoms with Crippen molar-refractivity contribution in [3.05, 3.63) is 59.1 Å². The van der Waals surface area contributed by atoms with Crippen LogP contribution in [-0.4, -0.2) is 52.1 Å². The van der Waals surface area contributed by atoms with E-state index in [4.69, 9.17) is 21.1 Å². The van der Waals surface area contributed by atoms with Crippen LogP contribution in [0, 0.1) is 5.82 Å². The molecule has 0 saturated carbocycles. The number of nitrogens with zero attached hydrogens (tertiary/aromatic N) is 5. The first-order valence-corrected chi connectivity index (χ1v) is 12.1. The van der Waals surface area contributed by atoms with E-state index >= 15 is 0 Å². The highest BCUT2D eigenvalue weighted by molar-refractivity contribution is 7.93. The van der Waals surface area contributed by atoms with Crippen LogP contribution in [0.5, 0.6) is 0 Å². The number of rotatable bonds is 8. The summed E-state index contributed by atoms with van der Waals surface area (Å²) in [6.07, 6.45) is 2.75. The summed E-state index contributed by atoms with van der Waals surface area (Å²) in [5.41, 5.74) is 0.0997. The second kappa shape index (κ2) is 9.67. The summed E-state index contributed by atoms with van der Waals surface area (Å²) in [5.74, 6) is -0.263. The minimum atomic E-state index is -4.11. The highest BCUT2D eigenvalue weighted by Gasteiger charge is 2.35. The van der Waals surface area contributed by atoms with Gasteiger partial charge in [-0.1, -0.05) is 23.7 Å². The second-order valence-corrected chi connectivity index (χ2v) is 9.91. The van der Waals surface area contributed by atoms with Crippen LogP contribution in [0.15, 0.2) is 36.7 Å². The summed E-state index contributed by atoms with van der Waals surface area (Å²) in [5, 5.41) is 7.29. The van der Waals surface area contributed by atoms with Crippen LogP contribution < -0.4 is 4.72 Å². The van der Waals surface area contributed by atoms with E-state index in [-0.39, 0.29) is 17.5 Å². The molecule has 2 aromatic heterocycles. The van der Waals surface area contributed by atoms with Gasteiger partial charge in [0.25, 0.3) is 0 Å². The van der Waals surface area contributed by atoms with Gasteiger partial charge in [0.1, 0.15) is 23.3 Å². The molecule has 13 heteroatoms. The van der Waals surface area contributed by atoms with E-state index < -0.39 is 33.3 Å². The standard InChI is InChI=1S/C20H22ClFN6O4S/c1-12(17(31-2)18-23-10-13(21)11-24-18)33(29,30)27-20-26-25-19(16-8-5-9-32-16)28(20)15-7-4-3-6-14(15)22/h3-4,6-7,10-12,16-17H,5,8-9H2,1-2H3,(H,26,27)/t12?,16-,17?/m0/s1. The summed E-state index contributed by atoms with van der Waals surface area (Å²) in [4.78, 5) is 8.13. The Morgan fingerprint density at radius 2 is 2.00 bits per heavy atom. The van der Waals surface area contributed by atoms with Crippen LogP contribution in [0.1, 0.15) is 43.6 Å². The lowest BCUT2D eigenvalue weighted by atomic mass is 10.2. The SMILES string of the molecule is COC(c1ncc(Cl)cn1)C(C)S(=O)(=O)Nc1nnc([C@@H]2CCCO2)n1-c1ccccc1F. The Hall–Kier alpha value is -2.67. The van der Waals surface area contributed by atoms with Gasteiger partial charge >= 0.3 is 0 Å². The maximum absolute atomic E-state index is 14.7. The molecule has 1 aliphatic heterocycles. The number of para-hydroxylation sites is 1. The van der Waals surface area contributed by atoms with Crippen LogP contribution in [0.25, 0.3) is 5.69 Å². The minimum Gasteiger partial charge on any atom is -0.372 e. The van der Waals surface area contributed by atoms with Gasteiger partial charge in [-0.2, -0.15) is 0 Å². The van der Waals surface area contributed by atoms with Crippen LogP contribution in [-0.2, 0) is 19.5 Å². The van der Waals surface area contributed by atoms with Gasteiger partial charge in [0.05, 0.1) is 10.7 Å². The van der Waals surface area contributed by atoms with Crippen molar-refractivity contribution in [1.29, 1.82) is 0 Å². The van der Waals surface area contributed by atoms with E-state index in [0.717, 1.165) is 6.42 Å². The van der Waals surface area contributed by atoms with E-state index in [9.17, 15) is 12.8 Å². The zero-order chi connectivity index (χ0) is 23.6. The first-order chi connectivity index (χ1) is 15.8. The van der Waals surface area contributed by atoms with Crippen LogP contribution >= 0.6 is 11.6 Å². The number of hydrogen-bond donors (Lipinski definition) is 1. The molecular weight excluding hydrogens is 475 g/mol. The molecule has 1 aromatic carbocycles. The van der Waals surface area contributed by atoms with Gasteiger partial charge in [-0.05, 0) is 31.9 Å². The Morgan fingerprint density at radius 3 is 2.64 bits per heavy atom. The van der Waals surface area contributed by atoms with Gasteiger partial charge in [0.2, 0.25) is 16.0 Å². The van der Waals surface area contributed by atoms with Crippen molar-refractivity contribution in [2.75, 3.05) is 18.4 Å². The number of nitrogens with one attached hydrogen (secondary N) is 1. The average Bonchev–Trinajstić information content (AvgIpc) is 3.46. The van der Waals surface area contributed by atoms with Crippen LogP contribution in [0.3, 0.4) is 0 Å². The maximum Gasteiger partial charge on any atom is 0.243 e. The molecule has 33 heavy (non-hydrogen) atoms. The molecule has 1 aliphatic rings. The quantitative estimate of drug-likeness (QED) is 0.504. The second-order valence-electron chi connectivity index (χ2n) is 7.44. The average molecular weight is 497 g/mol. The molecule has 1 N–H and O–H groups in total. The molecule has 0 amide bonds. The third kappa shape index (κ3) is 4.83. The number of anilines is 1. The summed E-state index contributed by atoms with van der Waals surface area (Å²) >= 11 is 5.83. The number of sulfonamides is 1. The number of halogens is 2. The number of benzene rings is 1. The molecule has 10 nitrogen and oxygen atoms in total. The van der Waals surface area contributed by atoms with Crippen molar-refractivity contribution >= 4 is 27.6 Å². The Bertz CT molecular complexity index is 1220. The molecule has 2 unspecified atom stereocenters. The molecule has 4 rings (SSSR count). The van der Waals surface area contributed by atoms with Gasteiger partial charge in [-0.25, -0.2) is 22.8 Å². The molecular formula is C20H22ClFN6O4S. The third-order valence-electron chi connectivity index (χ3n) is 5.30. The van der Waals surface area contributed by atoms with E-state index in [1.807, 2.05) is 0 Å². The lowest BCUT2D eigenvalue weighted by molar-refractivity contribution is 0.0950. The van der Waals surface area contributed by atoms with Crippen molar-refractivity contribution in [3.8, 4) is 5.69 Å². The fourth-order valence-electron chi connectivity index (χ4n) is 3.58. The van der Waals surface area contributed by atoms with Crippen LogP contribution in [0.4, 0.5) is 10.3 Å². The molecule has 0 radical (unpaired) electrons. The first kappa shape index (κ1) is 23.5. The molecule has 176 valence electrons. The van der Waals surface area contributed by atoms with Gasteiger partial charge < -0.3 is 9.47 Å². The maximum atomic E-state index is 14.7. The van der Waals surface area contributed by atoms with E-state index in [2.05, 4.69) is 24.9 Å². The minimum absolute atomic E-state index is 0.0997. The Balaban J connectivity index is 1.70. The zero-order valence-electron chi connectivity index (χ0n) is 17.9. The summed E-state index contributed by atoms with van der Waals surface area (Å²) < 4.78 is 56.0. The van der Waals surface area contributed by atoms with Gasteiger partial charge in [-0.15, -0.1) is 10.2 Å². The number of hydrogen-bond acceptors (Lipinski definition) is 8. The molecule has 0 bridgehead atoms. The molecule has 1 saturated heterocycles. The molecule has 0 spiro atoms. The van der Waals surface area contributed by atoms with E-state index in [1.54, 1.807) is 6.07 Å². The number of methoxy groups -OCH3 is 1. The number of aromatic nitrogens is 5. The predicted molar refractivity (Wildman–Crippen MR) is 118 cm³/mol. The monoisotopic (exact) mass is 496 g/mol. The van der Waals surface area contributed by atoms with Crippen molar-refractivity contribution in [2.45, 2.75) is 37.2 Å². The van der Waals surface area contributed by atoms with Gasteiger partial charge in [-0.3, -0.25) is 9.29 Å². The molecule has 3 aromatic rings. The highest BCUT2D eigenvalue weighted by Crippen LogP contribution is 2.32. The van der Waals surface area contributed by atoms with Crippen molar-refractivity contribution < 1.29 is 22.3 Å². The summed E-state index contributed by atoms with van der Waals surface area (Å²) in [7, 11) is -2.76. The Labute approximate surface area is 195 Å². The lowest BCUT2D eigenvalue weighted by Gasteiger charge is -2.22. The molecule has 1 fully saturated rings. The van der Waals surface area contributed by atoms with E-state index in [1.165, 1.54) is 49.2 Å². The summed E-state index contributed by atoms with van der Waals surface area (Å²) in [6.45, 7) is 1.97. The smallest absolute Gasteiger partial charge is 0.243 e. The van der Waals surface area contributed by atoms with Gasteiger partial charge in [0.15, 0.2) is 11.6 Å². The van der Waals surface area contributed by atoms with Gasteiger partial charge in [0, 0.05) is 26.1 Å². The molecule has 3 heterocycles. The van der Waals surface area contributed by atoms with E-state index in [0.29, 0.717) is 23.9 Å². The van der Waals surface area contributed by atoms with Crippen molar-refractivity contribution in [2.24, 2.45) is 0 Å². The van der Waals surface area contributed by atoms with Crippen LogP contribution in [0.2, 0.25) is 5.02 Å². The fourth-order valence-corrected chi connectivity index (χ4v) is 4.81. The van der Waals surface area contributed by atoms with Crippen molar-refractivity contribution in [1.82, 2.24) is 24.7 Å². The largest absolute Gasteiger partial charge is 0.372 e. The number of ether oxygens (including phenoxy) is 2. The highest BCUT2D eigenvalue weighted by atomic mass is 35.5.